The molecule has 1 aromatic carbocycles. The molecule has 92 valence electrons. The Morgan fingerprint density at radius 1 is 1.35 bits per heavy atom. The SMILES string of the molecule is C=CCN(CC=C)c1ccc(C(C)N)c(O)c1. The van der Waals surface area contributed by atoms with Crippen molar-refractivity contribution in [2.75, 3.05) is 18.0 Å². The molecular formula is C14H20N2O. The van der Waals surface area contributed by atoms with Crippen LogP contribution in [0, 0.1) is 0 Å². The van der Waals surface area contributed by atoms with Crippen molar-refractivity contribution >= 4 is 5.69 Å². The molecule has 3 heteroatoms. The zero-order valence-electron chi connectivity index (χ0n) is 10.3. The van der Waals surface area contributed by atoms with Crippen LogP contribution in [-0.4, -0.2) is 18.2 Å². The topological polar surface area (TPSA) is 49.5 Å². The summed E-state index contributed by atoms with van der Waals surface area (Å²) >= 11 is 0. The highest BCUT2D eigenvalue weighted by Crippen LogP contribution is 2.28. The molecule has 1 unspecified atom stereocenters. The number of rotatable bonds is 6. The zero-order chi connectivity index (χ0) is 12.8. The number of nitrogens with two attached hydrogens (primary N) is 1. The molecule has 0 fully saturated rings. The number of hydrogen-bond acceptors (Lipinski definition) is 3. The molecule has 0 aliphatic carbocycles. The Bertz CT molecular complexity index is 389. The highest BCUT2D eigenvalue weighted by atomic mass is 16.3. The second kappa shape index (κ2) is 6.11. The lowest BCUT2D eigenvalue weighted by molar-refractivity contribution is 0.464. The summed E-state index contributed by atoms with van der Waals surface area (Å²) in [6.07, 6.45) is 3.64. The number of phenols is 1. The summed E-state index contributed by atoms with van der Waals surface area (Å²) < 4.78 is 0. The Balaban J connectivity index is 3.00. The third kappa shape index (κ3) is 3.36. The summed E-state index contributed by atoms with van der Waals surface area (Å²) in [6, 6.07) is 5.36. The monoisotopic (exact) mass is 232 g/mol. The first kappa shape index (κ1) is 13.3. The standard InChI is InChI=1S/C14H20N2O/c1-4-8-16(9-5-2)12-6-7-13(11(3)15)14(17)10-12/h4-7,10-11,17H,1-2,8-9,15H2,3H3. The van der Waals surface area contributed by atoms with Gasteiger partial charge in [0.15, 0.2) is 0 Å². The van der Waals surface area contributed by atoms with Crippen molar-refractivity contribution in [2.45, 2.75) is 13.0 Å². The maximum Gasteiger partial charge on any atom is 0.122 e. The van der Waals surface area contributed by atoms with Crippen LogP contribution in [0.25, 0.3) is 0 Å². The van der Waals surface area contributed by atoms with E-state index in [0.29, 0.717) is 13.1 Å². The molecule has 3 nitrogen and oxygen atoms in total. The van der Waals surface area contributed by atoms with Gasteiger partial charge in [0.05, 0.1) is 0 Å². The largest absolute Gasteiger partial charge is 0.508 e. The Morgan fingerprint density at radius 3 is 2.35 bits per heavy atom. The molecule has 0 aliphatic rings. The van der Waals surface area contributed by atoms with Crippen LogP contribution in [0.15, 0.2) is 43.5 Å². The van der Waals surface area contributed by atoms with Crippen LogP contribution in [0.3, 0.4) is 0 Å². The van der Waals surface area contributed by atoms with E-state index in [-0.39, 0.29) is 11.8 Å². The van der Waals surface area contributed by atoms with E-state index >= 15 is 0 Å². The predicted molar refractivity (Wildman–Crippen MR) is 73.3 cm³/mol. The fourth-order valence-electron chi connectivity index (χ4n) is 1.71. The van der Waals surface area contributed by atoms with Gasteiger partial charge in [0.25, 0.3) is 0 Å². The molecule has 3 N–H and O–H groups in total. The number of hydrogen-bond donors (Lipinski definition) is 2. The Morgan fingerprint density at radius 2 is 1.94 bits per heavy atom. The number of benzene rings is 1. The molecule has 0 saturated carbocycles. The summed E-state index contributed by atoms with van der Waals surface area (Å²) in [5.41, 5.74) is 7.44. The molecule has 0 aromatic heterocycles. The summed E-state index contributed by atoms with van der Waals surface area (Å²) in [5, 5.41) is 9.89. The van der Waals surface area contributed by atoms with Crippen molar-refractivity contribution in [1.29, 1.82) is 0 Å². The second-order valence-corrected chi connectivity index (χ2v) is 4.01. The molecule has 0 amide bonds. The van der Waals surface area contributed by atoms with Gasteiger partial charge in [-0.1, -0.05) is 18.2 Å². The molecule has 0 saturated heterocycles. The number of nitrogens with zero attached hydrogens (tertiary/aromatic N) is 1. The number of phenolic OH excluding ortho intramolecular Hbond substituents is 1. The summed E-state index contributed by atoms with van der Waals surface area (Å²) in [6.45, 7) is 10.7. The lowest BCUT2D eigenvalue weighted by Gasteiger charge is -2.22. The molecule has 1 aromatic rings. The number of anilines is 1. The van der Waals surface area contributed by atoms with Gasteiger partial charge in [-0.25, -0.2) is 0 Å². The van der Waals surface area contributed by atoms with Crippen molar-refractivity contribution in [3.8, 4) is 5.75 Å². The highest BCUT2D eigenvalue weighted by molar-refractivity contribution is 5.54. The summed E-state index contributed by atoms with van der Waals surface area (Å²) in [5.74, 6) is 0.232. The smallest absolute Gasteiger partial charge is 0.122 e. The van der Waals surface area contributed by atoms with Crippen molar-refractivity contribution in [2.24, 2.45) is 5.73 Å². The van der Waals surface area contributed by atoms with Crippen LogP contribution in [-0.2, 0) is 0 Å². The van der Waals surface area contributed by atoms with Gasteiger partial charge in [-0.2, -0.15) is 0 Å². The summed E-state index contributed by atoms with van der Waals surface area (Å²) in [7, 11) is 0. The second-order valence-electron chi connectivity index (χ2n) is 4.01. The van der Waals surface area contributed by atoms with Crippen molar-refractivity contribution < 1.29 is 5.11 Å². The van der Waals surface area contributed by atoms with E-state index in [2.05, 4.69) is 18.1 Å². The molecule has 0 spiro atoms. The van der Waals surface area contributed by atoms with Gasteiger partial charge in [-0.3, -0.25) is 0 Å². The van der Waals surface area contributed by atoms with E-state index in [9.17, 15) is 5.11 Å². The van der Waals surface area contributed by atoms with Gasteiger partial charge in [0.1, 0.15) is 5.75 Å². The lowest BCUT2D eigenvalue weighted by atomic mass is 10.1. The van der Waals surface area contributed by atoms with Crippen molar-refractivity contribution in [3.05, 3.63) is 49.1 Å². The maximum absolute atomic E-state index is 9.89. The molecule has 17 heavy (non-hydrogen) atoms. The maximum atomic E-state index is 9.89. The van der Waals surface area contributed by atoms with Crippen LogP contribution >= 0.6 is 0 Å². The minimum absolute atomic E-state index is 0.170. The summed E-state index contributed by atoms with van der Waals surface area (Å²) in [4.78, 5) is 2.06. The van der Waals surface area contributed by atoms with Gasteiger partial charge in [-0.15, -0.1) is 13.2 Å². The van der Waals surface area contributed by atoms with Gasteiger partial charge in [0, 0.05) is 36.4 Å². The van der Waals surface area contributed by atoms with E-state index in [1.807, 2.05) is 31.2 Å². The van der Waals surface area contributed by atoms with Gasteiger partial charge >= 0.3 is 0 Å². The minimum Gasteiger partial charge on any atom is -0.508 e. The molecule has 1 atom stereocenters. The molecule has 0 heterocycles. The van der Waals surface area contributed by atoms with E-state index in [1.165, 1.54) is 0 Å². The quantitative estimate of drug-likeness (QED) is 0.741. The van der Waals surface area contributed by atoms with Crippen LogP contribution in [0.5, 0.6) is 5.75 Å². The van der Waals surface area contributed by atoms with E-state index in [1.54, 1.807) is 6.07 Å². The minimum atomic E-state index is -0.170. The van der Waals surface area contributed by atoms with E-state index < -0.39 is 0 Å². The Labute approximate surface area is 103 Å². The van der Waals surface area contributed by atoms with Gasteiger partial charge < -0.3 is 15.7 Å². The average molecular weight is 232 g/mol. The normalized spacial score (nSPS) is 11.9. The van der Waals surface area contributed by atoms with Gasteiger partial charge in [0.2, 0.25) is 0 Å². The molecule has 0 aliphatic heterocycles. The van der Waals surface area contributed by atoms with Crippen LogP contribution < -0.4 is 10.6 Å². The third-order valence-electron chi connectivity index (χ3n) is 2.57. The molecule has 0 bridgehead atoms. The average Bonchev–Trinajstić information content (AvgIpc) is 2.28. The van der Waals surface area contributed by atoms with Crippen LogP contribution in [0.1, 0.15) is 18.5 Å². The lowest BCUT2D eigenvalue weighted by Crippen LogP contribution is -2.23. The van der Waals surface area contributed by atoms with Crippen molar-refractivity contribution in [3.63, 3.8) is 0 Å². The Kier molecular flexibility index (Phi) is 4.79. The molecular weight excluding hydrogens is 212 g/mol. The first-order valence-corrected chi connectivity index (χ1v) is 5.65. The van der Waals surface area contributed by atoms with Crippen LogP contribution in [0.4, 0.5) is 5.69 Å². The first-order chi connectivity index (χ1) is 8.10. The fourth-order valence-corrected chi connectivity index (χ4v) is 1.71. The van der Waals surface area contributed by atoms with E-state index in [4.69, 9.17) is 5.73 Å². The van der Waals surface area contributed by atoms with Crippen LogP contribution in [0.2, 0.25) is 0 Å². The molecule has 0 radical (unpaired) electrons. The predicted octanol–water partition coefficient (Wildman–Crippen LogP) is 2.59. The molecule has 1 rings (SSSR count). The Hall–Kier alpha value is -1.74. The highest BCUT2D eigenvalue weighted by Gasteiger charge is 2.09. The van der Waals surface area contributed by atoms with Gasteiger partial charge in [-0.05, 0) is 13.0 Å². The fraction of sp³-hybridized carbons (Fsp3) is 0.286. The van der Waals surface area contributed by atoms with E-state index in [0.717, 1.165) is 11.3 Å². The third-order valence-corrected chi connectivity index (χ3v) is 2.57. The zero-order valence-corrected chi connectivity index (χ0v) is 10.3. The first-order valence-electron chi connectivity index (χ1n) is 5.65. The number of aromatic hydroxyl groups is 1. The van der Waals surface area contributed by atoms with Crippen molar-refractivity contribution in [1.82, 2.24) is 0 Å².